The van der Waals surface area contributed by atoms with Gasteiger partial charge in [0.15, 0.2) is 0 Å². The monoisotopic (exact) mass is 190 g/mol. The Hall–Kier alpha value is -1.24. The van der Waals surface area contributed by atoms with E-state index in [1.165, 1.54) is 24.8 Å². The minimum Gasteiger partial charge on any atom is -0.508 e. The summed E-state index contributed by atoms with van der Waals surface area (Å²) >= 11 is 0. The minimum absolute atomic E-state index is 0.144. The van der Waals surface area contributed by atoms with Crippen molar-refractivity contribution in [2.24, 2.45) is 0 Å². The lowest BCUT2D eigenvalue weighted by atomic mass is 10.1. The zero-order chi connectivity index (χ0) is 10.4. The van der Waals surface area contributed by atoms with Crippen LogP contribution in [0.2, 0.25) is 0 Å². The maximum Gasteiger partial charge on any atom is 0.115 e. The minimum atomic E-state index is 0.144. The van der Waals surface area contributed by atoms with Crippen LogP contribution < -0.4 is 0 Å². The third kappa shape index (κ3) is 3.25. The summed E-state index contributed by atoms with van der Waals surface area (Å²) in [7, 11) is 0. The molecule has 0 bridgehead atoms. The second-order valence-corrected chi connectivity index (χ2v) is 3.60. The average Bonchev–Trinajstić information content (AvgIpc) is 2.19. The summed E-state index contributed by atoms with van der Waals surface area (Å²) in [6.07, 6.45) is 4.92. The molecule has 0 saturated carbocycles. The second-order valence-electron chi connectivity index (χ2n) is 3.60. The van der Waals surface area contributed by atoms with Crippen molar-refractivity contribution in [2.75, 3.05) is 0 Å². The molecule has 1 aromatic rings. The Morgan fingerprint density at radius 3 is 2.36 bits per heavy atom. The van der Waals surface area contributed by atoms with Crippen LogP contribution in [-0.4, -0.2) is 5.11 Å². The SMILES string of the molecule is C=C(O)c1ccc(CCCCC)cc1. The highest BCUT2D eigenvalue weighted by atomic mass is 16.3. The van der Waals surface area contributed by atoms with Crippen molar-refractivity contribution < 1.29 is 5.11 Å². The molecule has 0 aliphatic carbocycles. The first-order valence-electron chi connectivity index (χ1n) is 5.21. The van der Waals surface area contributed by atoms with Crippen LogP contribution in [0.15, 0.2) is 30.8 Å². The molecule has 0 radical (unpaired) electrons. The van der Waals surface area contributed by atoms with E-state index in [0.29, 0.717) is 0 Å². The van der Waals surface area contributed by atoms with Crippen LogP contribution >= 0.6 is 0 Å². The summed E-state index contributed by atoms with van der Waals surface area (Å²) in [6.45, 7) is 5.69. The lowest BCUT2D eigenvalue weighted by Gasteiger charge is -2.02. The quantitative estimate of drug-likeness (QED) is 0.550. The Kier molecular flexibility index (Phi) is 4.24. The molecule has 76 valence electrons. The van der Waals surface area contributed by atoms with Gasteiger partial charge in [0.1, 0.15) is 5.76 Å². The van der Waals surface area contributed by atoms with Gasteiger partial charge in [-0.15, -0.1) is 0 Å². The number of unbranched alkanes of at least 4 members (excludes halogenated alkanes) is 2. The second kappa shape index (κ2) is 5.48. The third-order valence-corrected chi connectivity index (χ3v) is 2.36. The van der Waals surface area contributed by atoms with E-state index in [4.69, 9.17) is 5.11 Å². The lowest BCUT2D eigenvalue weighted by molar-refractivity contribution is 0.514. The molecule has 0 unspecified atom stereocenters. The molecule has 0 amide bonds. The molecule has 0 spiro atoms. The molecule has 1 N–H and O–H groups in total. The van der Waals surface area contributed by atoms with Gasteiger partial charge in [-0.25, -0.2) is 0 Å². The maximum absolute atomic E-state index is 9.13. The van der Waals surface area contributed by atoms with Crippen LogP contribution in [0.3, 0.4) is 0 Å². The maximum atomic E-state index is 9.13. The predicted molar refractivity (Wildman–Crippen MR) is 61.3 cm³/mol. The molecule has 1 aromatic carbocycles. The predicted octanol–water partition coefficient (Wildman–Crippen LogP) is 3.95. The van der Waals surface area contributed by atoms with Gasteiger partial charge in [0.25, 0.3) is 0 Å². The van der Waals surface area contributed by atoms with E-state index in [0.717, 1.165) is 12.0 Å². The zero-order valence-electron chi connectivity index (χ0n) is 8.79. The molecule has 0 aromatic heterocycles. The fourth-order valence-corrected chi connectivity index (χ4v) is 1.44. The Bertz CT molecular complexity index is 285. The van der Waals surface area contributed by atoms with Gasteiger partial charge >= 0.3 is 0 Å². The molecule has 0 atom stereocenters. The molecule has 1 nitrogen and oxygen atoms in total. The highest BCUT2D eigenvalue weighted by molar-refractivity contribution is 5.55. The number of aliphatic hydroxyl groups excluding tert-OH is 1. The highest BCUT2D eigenvalue weighted by Gasteiger charge is 1.96. The van der Waals surface area contributed by atoms with Crippen LogP contribution in [-0.2, 0) is 6.42 Å². The largest absolute Gasteiger partial charge is 0.508 e. The number of aryl methyl sites for hydroxylation is 1. The Morgan fingerprint density at radius 2 is 1.86 bits per heavy atom. The first-order valence-corrected chi connectivity index (χ1v) is 5.21. The summed E-state index contributed by atoms with van der Waals surface area (Å²) in [5.74, 6) is 0.144. The van der Waals surface area contributed by atoms with Crippen molar-refractivity contribution in [1.29, 1.82) is 0 Å². The van der Waals surface area contributed by atoms with E-state index in [9.17, 15) is 0 Å². The van der Waals surface area contributed by atoms with Gasteiger partial charge in [0.2, 0.25) is 0 Å². The Morgan fingerprint density at radius 1 is 1.21 bits per heavy atom. The summed E-state index contributed by atoms with van der Waals surface area (Å²) < 4.78 is 0. The number of hydrogen-bond donors (Lipinski definition) is 1. The number of hydrogen-bond acceptors (Lipinski definition) is 1. The normalized spacial score (nSPS) is 10.1. The van der Waals surface area contributed by atoms with Crippen molar-refractivity contribution in [1.82, 2.24) is 0 Å². The topological polar surface area (TPSA) is 20.2 Å². The van der Waals surface area contributed by atoms with Crippen molar-refractivity contribution >= 4 is 5.76 Å². The fourth-order valence-electron chi connectivity index (χ4n) is 1.44. The van der Waals surface area contributed by atoms with Crippen molar-refractivity contribution in [3.05, 3.63) is 42.0 Å². The average molecular weight is 190 g/mol. The summed E-state index contributed by atoms with van der Waals surface area (Å²) in [5, 5.41) is 9.13. The third-order valence-electron chi connectivity index (χ3n) is 2.36. The molecule has 1 rings (SSSR count). The Balaban J connectivity index is 2.51. The molecule has 1 heteroatoms. The van der Waals surface area contributed by atoms with Gasteiger partial charge in [0.05, 0.1) is 0 Å². The van der Waals surface area contributed by atoms with E-state index in [1.54, 1.807) is 0 Å². The number of rotatable bonds is 5. The van der Waals surface area contributed by atoms with E-state index in [-0.39, 0.29) is 5.76 Å². The number of aliphatic hydroxyl groups is 1. The van der Waals surface area contributed by atoms with E-state index in [1.807, 2.05) is 12.1 Å². The van der Waals surface area contributed by atoms with Crippen molar-refractivity contribution in [2.45, 2.75) is 32.6 Å². The molecule has 0 aliphatic heterocycles. The van der Waals surface area contributed by atoms with E-state index < -0.39 is 0 Å². The molecule has 0 saturated heterocycles. The number of benzene rings is 1. The summed E-state index contributed by atoms with van der Waals surface area (Å²) in [6, 6.07) is 7.96. The van der Waals surface area contributed by atoms with Crippen LogP contribution in [0, 0.1) is 0 Å². The molecule has 0 fully saturated rings. The van der Waals surface area contributed by atoms with Gasteiger partial charge in [-0.1, -0.05) is 50.6 Å². The summed E-state index contributed by atoms with van der Waals surface area (Å²) in [5.41, 5.74) is 2.15. The smallest absolute Gasteiger partial charge is 0.115 e. The highest BCUT2D eigenvalue weighted by Crippen LogP contribution is 2.12. The first kappa shape index (κ1) is 10.8. The van der Waals surface area contributed by atoms with E-state index >= 15 is 0 Å². The molecular weight excluding hydrogens is 172 g/mol. The van der Waals surface area contributed by atoms with E-state index in [2.05, 4.69) is 25.6 Å². The zero-order valence-corrected chi connectivity index (χ0v) is 8.79. The van der Waals surface area contributed by atoms with Crippen LogP contribution in [0.4, 0.5) is 0 Å². The van der Waals surface area contributed by atoms with Gasteiger partial charge in [-0.3, -0.25) is 0 Å². The molecule has 0 aliphatic rings. The summed E-state index contributed by atoms with van der Waals surface area (Å²) in [4.78, 5) is 0. The molecule has 14 heavy (non-hydrogen) atoms. The van der Waals surface area contributed by atoms with Crippen LogP contribution in [0.5, 0.6) is 0 Å². The van der Waals surface area contributed by atoms with Crippen LogP contribution in [0.1, 0.15) is 37.3 Å². The van der Waals surface area contributed by atoms with Crippen LogP contribution in [0.25, 0.3) is 5.76 Å². The first-order chi connectivity index (χ1) is 6.74. The van der Waals surface area contributed by atoms with Gasteiger partial charge < -0.3 is 5.11 Å². The molecule has 0 heterocycles. The molecular formula is C13H18O. The van der Waals surface area contributed by atoms with Crippen molar-refractivity contribution in [3.8, 4) is 0 Å². The van der Waals surface area contributed by atoms with Gasteiger partial charge in [-0.2, -0.15) is 0 Å². The fraction of sp³-hybridized carbons (Fsp3) is 0.385. The standard InChI is InChI=1S/C13H18O/c1-3-4-5-6-12-7-9-13(10-8-12)11(2)14/h7-10,14H,2-6H2,1H3. The van der Waals surface area contributed by atoms with Gasteiger partial charge in [0, 0.05) is 5.56 Å². The van der Waals surface area contributed by atoms with Gasteiger partial charge in [-0.05, 0) is 18.4 Å². The lowest BCUT2D eigenvalue weighted by Crippen LogP contribution is -1.87. The van der Waals surface area contributed by atoms with Crippen molar-refractivity contribution in [3.63, 3.8) is 0 Å². The Labute approximate surface area is 86.1 Å².